The summed E-state index contributed by atoms with van der Waals surface area (Å²) in [5.41, 5.74) is 2.55. The van der Waals surface area contributed by atoms with Crippen LogP contribution in [-0.2, 0) is 11.3 Å². The molecule has 0 saturated carbocycles. The van der Waals surface area contributed by atoms with Crippen LogP contribution in [0.1, 0.15) is 24.0 Å². The van der Waals surface area contributed by atoms with Gasteiger partial charge in [-0.2, -0.15) is 0 Å². The Morgan fingerprint density at radius 3 is 2.57 bits per heavy atom. The lowest BCUT2D eigenvalue weighted by atomic mass is 10.1. The van der Waals surface area contributed by atoms with Crippen LogP contribution in [0.3, 0.4) is 0 Å². The van der Waals surface area contributed by atoms with Crippen LogP contribution in [0.5, 0.6) is 11.5 Å². The molecule has 2 atom stereocenters. The average Bonchev–Trinajstić information content (AvgIpc) is 3.21. The molecule has 1 fully saturated rings. The van der Waals surface area contributed by atoms with Gasteiger partial charge in [-0.15, -0.1) is 0 Å². The van der Waals surface area contributed by atoms with Crippen molar-refractivity contribution in [3.63, 3.8) is 0 Å². The van der Waals surface area contributed by atoms with Crippen molar-refractivity contribution in [3.05, 3.63) is 59.7 Å². The maximum atomic E-state index is 10.6. The normalized spacial score (nSPS) is 17.6. The number of methoxy groups -OCH3 is 1. The minimum atomic E-state index is -0.576. The Bertz CT molecular complexity index is 713. The zero-order valence-electron chi connectivity index (χ0n) is 16.8. The Labute approximate surface area is 167 Å². The summed E-state index contributed by atoms with van der Waals surface area (Å²) in [6.45, 7) is 5.39. The highest BCUT2D eigenvalue weighted by molar-refractivity contribution is 5.31. The van der Waals surface area contributed by atoms with Gasteiger partial charge in [-0.3, -0.25) is 4.90 Å². The lowest BCUT2D eigenvalue weighted by molar-refractivity contribution is 0.0313. The fourth-order valence-electron chi connectivity index (χ4n) is 3.52. The van der Waals surface area contributed by atoms with E-state index in [4.69, 9.17) is 14.2 Å². The number of hydrogen-bond donors (Lipinski definition) is 1. The molecule has 2 aromatic carbocycles. The van der Waals surface area contributed by atoms with Crippen LogP contribution in [0.4, 0.5) is 0 Å². The number of benzene rings is 2. The standard InChI is InChI=1S/C23H31NO4/c1-18-6-3-4-7-19(18)14-24(16-23-8-5-13-27-23)15-20(25)17-28-22-11-9-21(26-2)10-12-22/h3-4,6-7,9-12,20,23,25H,5,8,13-17H2,1-2H3. The largest absolute Gasteiger partial charge is 0.497 e. The van der Waals surface area contributed by atoms with Crippen molar-refractivity contribution in [1.82, 2.24) is 4.90 Å². The van der Waals surface area contributed by atoms with E-state index in [1.165, 1.54) is 11.1 Å². The van der Waals surface area contributed by atoms with Gasteiger partial charge in [0.25, 0.3) is 0 Å². The Kier molecular flexibility index (Phi) is 7.71. The van der Waals surface area contributed by atoms with E-state index >= 15 is 0 Å². The molecule has 1 heterocycles. The Morgan fingerprint density at radius 2 is 1.89 bits per heavy atom. The van der Waals surface area contributed by atoms with Crippen LogP contribution in [0.25, 0.3) is 0 Å². The summed E-state index contributed by atoms with van der Waals surface area (Å²) in [7, 11) is 1.64. The third kappa shape index (κ3) is 6.23. The molecule has 0 radical (unpaired) electrons. The number of aliphatic hydroxyl groups is 1. The molecule has 1 aliphatic heterocycles. The van der Waals surface area contributed by atoms with Gasteiger partial charge in [-0.05, 0) is 55.2 Å². The second-order valence-electron chi connectivity index (χ2n) is 7.40. The van der Waals surface area contributed by atoms with E-state index in [9.17, 15) is 5.11 Å². The van der Waals surface area contributed by atoms with E-state index in [1.807, 2.05) is 24.3 Å². The molecule has 0 aliphatic carbocycles. The number of ether oxygens (including phenoxy) is 3. The second-order valence-corrected chi connectivity index (χ2v) is 7.40. The van der Waals surface area contributed by atoms with Gasteiger partial charge < -0.3 is 19.3 Å². The van der Waals surface area contributed by atoms with E-state index in [0.717, 1.165) is 44.0 Å². The lowest BCUT2D eigenvalue weighted by Gasteiger charge is -2.28. The molecule has 5 heteroatoms. The first-order chi connectivity index (χ1) is 13.6. The maximum absolute atomic E-state index is 10.6. The van der Waals surface area contributed by atoms with Crippen molar-refractivity contribution in [1.29, 1.82) is 0 Å². The summed E-state index contributed by atoms with van der Waals surface area (Å²) in [6.07, 6.45) is 1.88. The second kappa shape index (κ2) is 10.5. The Morgan fingerprint density at radius 1 is 1.14 bits per heavy atom. The van der Waals surface area contributed by atoms with Crippen LogP contribution < -0.4 is 9.47 Å². The molecule has 1 saturated heterocycles. The van der Waals surface area contributed by atoms with Crippen molar-refractivity contribution in [2.24, 2.45) is 0 Å². The number of rotatable bonds is 10. The fourth-order valence-corrected chi connectivity index (χ4v) is 3.52. The van der Waals surface area contributed by atoms with E-state index < -0.39 is 6.10 Å². The first-order valence-corrected chi connectivity index (χ1v) is 9.97. The third-order valence-corrected chi connectivity index (χ3v) is 5.11. The summed E-state index contributed by atoms with van der Waals surface area (Å²) >= 11 is 0. The van der Waals surface area contributed by atoms with Crippen LogP contribution >= 0.6 is 0 Å². The van der Waals surface area contributed by atoms with Gasteiger partial charge in [0.2, 0.25) is 0 Å². The van der Waals surface area contributed by atoms with Gasteiger partial charge in [0.15, 0.2) is 0 Å². The third-order valence-electron chi connectivity index (χ3n) is 5.11. The van der Waals surface area contributed by atoms with E-state index in [1.54, 1.807) is 7.11 Å². The van der Waals surface area contributed by atoms with Gasteiger partial charge in [0, 0.05) is 26.2 Å². The molecule has 1 aliphatic rings. The molecule has 0 aromatic heterocycles. The van der Waals surface area contributed by atoms with E-state index in [0.29, 0.717) is 6.54 Å². The minimum absolute atomic E-state index is 0.249. The number of nitrogens with zero attached hydrogens (tertiary/aromatic N) is 1. The van der Waals surface area contributed by atoms with Gasteiger partial charge in [0.05, 0.1) is 13.2 Å². The van der Waals surface area contributed by atoms with Crippen molar-refractivity contribution in [2.45, 2.75) is 38.5 Å². The molecule has 0 bridgehead atoms. The quantitative estimate of drug-likeness (QED) is 0.679. The van der Waals surface area contributed by atoms with Gasteiger partial charge in [-0.25, -0.2) is 0 Å². The highest BCUT2D eigenvalue weighted by atomic mass is 16.5. The lowest BCUT2D eigenvalue weighted by Crippen LogP contribution is -2.39. The molecule has 1 N–H and O–H groups in total. The predicted octanol–water partition coefficient (Wildman–Crippen LogP) is 3.42. The fraction of sp³-hybridized carbons (Fsp3) is 0.478. The van der Waals surface area contributed by atoms with Crippen LogP contribution in [-0.4, -0.2) is 55.6 Å². The van der Waals surface area contributed by atoms with Crippen molar-refractivity contribution in [2.75, 3.05) is 33.4 Å². The van der Waals surface area contributed by atoms with Crippen molar-refractivity contribution < 1.29 is 19.3 Å². The van der Waals surface area contributed by atoms with Gasteiger partial charge in [0.1, 0.15) is 24.2 Å². The highest BCUT2D eigenvalue weighted by Crippen LogP contribution is 2.19. The van der Waals surface area contributed by atoms with Crippen LogP contribution in [0.2, 0.25) is 0 Å². The summed E-state index contributed by atoms with van der Waals surface area (Å²) < 4.78 is 16.7. The number of hydrogen-bond acceptors (Lipinski definition) is 5. The molecule has 0 amide bonds. The molecule has 2 aromatic rings. The smallest absolute Gasteiger partial charge is 0.119 e. The summed E-state index contributed by atoms with van der Waals surface area (Å²) in [5, 5.41) is 10.6. The summed E-state index contributed by atoms with van der Waals surface area (Å²) in [6, 6.07) is 15.8. The van der Waals surface area contributed by atoms with Crippen LogP contribution in [0.15, 0.2) is 48.5 Å². The van der Waals surface area contributed by atoms with Crippen molar-refractivity contribution in [3.8, 4) is 11.5 Å². The molecular weight excluding hydrogens is 354 g/mol. The van der Waals surface area contributed by atoms with E-state index in [2.05, 4.69) is 36.1 Å². The molecule has 5 nitrogen and oxygen atoms in total. The predicted molar refractivity (Wildman–Crippen MR) is 110 cm³/mol. The Hall–Kier alpha value is -2.08. The highest BCUT2D eigenvalue weighted by Gasteiger charge is 2.22. The zero-order valence-corrected chi connectivity index (χ0v) is 16.8. The van der Waals surface area contributed by atoms with Crippen molar-refractivity contribution >= 4 is 0 Å². The maximum Gasteiger partial charge on any atom is 0.119 e. The first kappa shape index (κ1) is 20.6. The SMILES string of the molecule is COc1ccc(OCC(O)CN(Cc2ccccc2C)CC2CCCO2)cc1. The molecule has 2 unspecified atom stereocenters. The average molecular weight is 386 g/mol. The number of aryl methyl sites for hydroxylation is 1. The van der Waals surface area contributed by atoms with Gasteiger partial charge in [-0.1, -0.05) is 24.3 Å². The Balaban J connectivity index is 1.56. The summed E-state index contributed by atoms with van der Waals surface area (Å²) in [5.74, 6) is 1.51. The monoisotopic (exact) mass is 385 g/mol. The summed E-state index contributed by atoms with van der Waals surface area (Å²) in [4.78, 5) is 2.28. The first-order valence-electron chi connectivity index (χ1n) is 9.97. The minimum Gasteiger partial charge on any atom is -0.497 e. The molecular formula is C23H31NO4. The van der Waals surface area contributed by atoms with E-state index in [-0.39, 0.29) is 12.7 Å². The number of aliphatic hydroxyl groups excluding tert-OH is 1. The molecule has 0 spiro atoms. The molecule has 28 heavy (non-hydrogen) atoms. The topological polar surface area (TPSA) is 51.2 Å². The molecule has 152 valence electrons. The zero-order chi connectivity index (χ0) is 19.8. The molecule has 3 rings (SSSR count). The van der Waals surface area contributed by atoms with Gasteiger partial charge >= 0.3 is 0 Å². The van der Waals surface area contributed by atoms with Crippen LogP contribution in [0, 0.1) is 6.92 Å².